The van der Waals surface area contributed by atoms with E-state index < -0.39 is 0 Å². The number of nitrogens with one attached hydrogen (secondary N) is 1. The largest absolute Gasteiger partial charge is 0.354 e. The quantitative estimate of drug-likeness (QED) is 0.549. The maximum Gasteiger partial charge on any atom is 0.223 e. The normalized spacial score (nSPS) is 10.7. The van der Waals surface area contributed by atoms with Crippen molar-refractivity contribution in [2.45, 2.75) is 6.42 Å². The molecule has 4 aromatic rings. The molecule has 4 aromatic heterocycles. The number of thiophene rings is 1. The van der Waals surface area contributed by atoms with E-state index in [0.29, 0.717) is 5.95 Å². The van der Waals surface area contributed by atoms with Crippen LogP contribution in [0, 0.1) is 0 Å². The molecule has 0 saturated heterocycles. The van der Waals surface area contributed by atoms with Crippen molar-refractivity contribution >= 4 is 28.6 Å². The van der Waals surface area contributed by atoms with Crippen molar-refractivity contribution in [3.05, 3.63) is 64.7 Å². The molecule has 0 amide bonds. The molecule has 4 heterocycles. The van der Waals surface area contributed by atoms with Crippen LogP contribution in [-0.2, 0) is 6.42 Å². The Labute approximate surface area is 153 Å². The molecule has 4 rings (SSSR count). The molecule has 1 N–H and O–H groups in total. The Bertz CT molecular complexity index is 922. The van der Waals surface area contributed by atoms with E-state index >= 15 is 0 Å². The molecule has 124 valence electrons. The van der Waals surface area contributed by atoms with Crippen LogP contribution in [0.15, 0.2) is 59.1 Å². The van der Waals surface area contributed by atoms with Crippen LogP contribution < -0.4 is 5.32 Å². The highest BCUT2D eigenvalue weighted by atomic mass is 32.1. The molecule has 5 nitrogen and oxygen atoms in total. The molecule has 7 heteroatoms. The third kappa shape index (κ3) is 3.72. The number of nitrogens with zero attached hydrogens (tertiary/aromatic N) is 4. The Hall–Kier alpha value is -2.64. The average Bonchev–Trinajstić information content (AvgIpc) is 3.36. The van der Waals surface area contributed by atoms with E-state index in [-0.39, 0.29) is 0 Å². The van der Waals surface area contributed by atoms with Crippen molar-refractivity contribution in [2.75, 3.05) is 11.9 Å². The van der Waals surface area contributed by atoms with E-state index in [0.717, 1.165) is 34.8 Å². The minimum absolute atomic E-state index is 0.623. The average molecular weight is 365 g/mol. The highest BCUT2D eigenvalue weighted by molar-refractivity contribution is 7.13. The monoisotopic (exact) mass is 365 g/mol. The van der Waals surface area contributed by atoms with Crippen molar-refractivity contribution < 1.29 is 0 Å². The van der Waals surface area contributed by atoms with Gasteiger partial charge in [-0.25, -0.2) is 15.0 Å². The molecule has 0 radical (unpaired) electrons. The summed E-state index contributed by atoms with van der Waals surface area (Å²) in [5.74, 6) is 0.623. The minimum atomic E-state index is 0.623. The van der Waals surface area contributed by atoms with Crippen molar-refractivity contribution in [3.63, 3.8) is 0 Å². The van der Waals surface area contributed by atoms with Crippen molar-refractivity contribution in [1.29, 1.82) is 0 Å². The number of anilines is 1. The molecule has 0 bridgehead atoms. The van der Waals surface area contributed by atoms with Gasteiger partial charge in [0, 0.05) is 42.3 Å². The second kappa shape index (κ2) is 7.50. The number of aromatic nitrogens is 4. The molecular formula is C18H15N5S2. The van der Waals surface area contributed by atoms with E-state index in [4.69, 9.17) is 4.98 Å². The molecule has 0 fully saturated rings. The molecule has 0 aliphatic heterocycles. The zero-order chi connectivity index (χ0) is 16.9. The number of hydrogen-bond acceptors (Lipinski definition) is 7. The summed E-state index contributed by atoms with van der Waals surface area (Å²) in [5, 5.41) is 10.3. The lowest BCUT2D eigenvalue weighted by Gasteiger charge is -2.09. The Balaban J connectivity index is 1.56. The van der Waals surface area contributed by atoms with Gasteiger partial charge in [0.1, 0.15) is 10.7 Å². The van der Waals surface area contributed by atoms with Gasteiger partial charge in [0.2, 0.25) is 5.95 Å². The first-order valence-electron chi connectivity index (χ1n) is 7.82. The lowest BCUT2D eigenvalue weighted by atomic mass is 10.1. The summed E-state index contributed by atoms with van der Waals surface area (Å²) in [4.78, 5) is 17.7. The predicted molar refractivity (Wildman–Crippen MR) is 103 cm³/mol. The Morgan fingerprint density at radius 1 is 1.00 bits per heavy atom. The molecule has 0 atom stereocenters. The van der Waals surface area contributed by atoms with Gasteiger partial charge in [0.15, 0.2) is 0 Å². The summed E-state index contributed by atoms with van der Waals surface area (Å²) >= 11 is 3.25. The van der Waals surface area contributed by atoms with Crippen molar-refractivity contribution in [3.8, 4) is 21.8 Å². The Kier molecular flexibility index (Phi) is 4.76. The standard InChI is InChI=1S/C18H15N5S2/c1-5-19-6-2-13(1)3-7-21-18-22-11-15(14-4-9-24-12-14)16(23-18)17-20-8-10-25-17/h1-2,4-6,8-12H,3,7H2,(H,21,22,23). The summed E-state index contributed by atoms with van der Waals surface area (Å²) in [5.41, 5.74) is 4.24. The van der Waals surface area contributed by atoms with Crippen LogP contribution in [0.4, 0.5) is 5.95 Å². The van der Waals surface area contributed by atoms with Gasteiger partial charge in [-0.05, 0) is 46.5 Å². The molecule has 0 saturated carbocycles. The third-order valence-corrected chi connectivity index (χ3v) is 5.17. The van der Waals surface area contributed by atoms with E-state index in [1.165, 1.54) is 5.56 Å². The fourth-order valence-electron chi connectivity index (χ4n) is 2.47. The Morgan fingerprint density at radius 2 is 1.92 bits per heavy atom. The zero-order valence-corrected chi connectivity index (χ0v) is 14.9. The maximum atomic E-state index is 4.72. The number of hydrogen-bond donors (Lipinski definition) is 1. The van der Waals surface area contributed by atoms with Crippen molar-refractivity contribution in [1.82, 2.24) is 19.9 Å². The highest BCUT2D eigenvalue weighted by Crippen LogP contribution is 2.32. The van der Waals surface area contributed by atoms with Gasteiger partial charge in [-0.3, -0.25) is 4.98 Å². The number of pyridine rings is 1. The van der Waals surface area contributed by atoms with E-state index in [1.54, 1.807) is 28.9 Å². The number of thiazole rings is 1. The second-order valence-electron chi connectivity index (χ2n) is 5.34. The molecule has 0 unspecified atom stereocenters. The van der Waals surface area contributed by atoms with Crippen LogP contribution in [0.1, 0.15) is 5.56 Å². The van der Waals surface area contributed by atoms with Gasteiger partial charge >= 0.3 is 0 Å². The first-order chi connectivity index (χ1) is 12.4. The Morgan fingerprint density at radius 3 is 2.68 bits per heavy atom. The van der Waals surface area contributed by atoms with E-state index in [1.807, 2.05) is 36.1 Å². The molecule has 0 aliphatic carbocycles. The van der Waals surface area contributed by atoms with Crippen LogP contribution in [0.2, 0.25) is 0 Å². The lowest BCUT2D eigenvalue weighted by molar-refractivity contribution is 0.981. The minimum Gasteiger partial charge on any atom is -0.354 e. The van der Waals surface area contributed by atoms with Gasteiger partial charge in [-0.15, -0.1) is 11.3 Å². The summed E-state index contributed by atoms with van der Waals surface area (Å²) in [6, 6.07) is 6.11. The summed E-state index contributed by atoms with van der Waals surface area (Å²) in [7, 11) is 0. The van der Waals surface area contributed by atoms with Crippen molar-refractivity contribution in [2.24, 2.45) is 0 Å². The maximum absolute atomic E-state index is 4.72. The van der Waals surface area contributed by atoms with Gasteiger partial charge in [-0.2, -0.15) is 11.3 Å². The second-order valence-corrected chi connectivity index (χ2v) is 7.01. The topological polar surface area (TPSA) is 63.6 Å². The predicted octanol–water partition coefficient (Wildman–Crippen LogP) is 4.38. The first kappa shape index (κ1) is 15.9. The highest BCUT2D eigenvalue weighted by Gasteiger charge is 2.14. The van der Waals surface area contributed by atoms with Gasteiger partial charge in [-0.1, -0.05) is 0 Å². The van der Waals surface area contributed by atoms with Gasteiger partial charge < -0.3 is 5.32 Å². The molecule has 0 aliphatic rings. The fourth-order valence-corrected chi connectivity index (χ4v) is 3.76. The SMILES string of the molecule is c1cc(CCNc2ncc(-c3ccsc3)c(-c3nccs3)n2)ccn1. The van der Waals surface area contributed by atoms with Crippen LogP contribution in [-0.4, -0.2) is 26.5 Å². The third-order valence-electron chi connectivity index (χ3n) is 3.70. The van der Waals surface area contributed by atoms with E-state index in [9.17, 15) is 0 Å². The molecule has 0 aromatic carbocycles. The van der Waals surface area contributed by atoms with Crippen LogP contribution >= 0.6 is 22.7 Å². The zero-order valence-electron chi connectivity index (χ0n) is 13.3. The lowest BCUT2D eigenvalue weighted by Crippen LogP contribution is -2.08. The van der Waals surface area contributed by atoms with Crippen LogP contribution in [0.25, 0.3) is 21.8 Å². The van der Waals surface area contributed by atoms with Crippen LogP contribution in [0.3, 0.4) is 0 Å². The molecule has 25 heavy (non-hydrogen) atoms. The molecule has 0 spiro atoms. The van der Waals surface area contributed by atoms with Gasteiger partial charge in [0.25, 0.3) is 0 Å². The van der Waals surface area contributed by atoms with E-state index in [2.05, 4.69) is 37.1 Å². The first-order valence-corrected chi connectivity index (χ1v) is 9.64. The number of rotatable bonds is 6. The fraction of sp³-hybridized carbons (Fsp3) is 0.111. The summed E-state index contributed by atoms with van der Waals surface area (Å²) in [6.45, 7) is 0.763. The smallest absolute Gasteiger partial charge is 0.223 e. The van der Waals surface area contributed by atoms with Gasteiger partial charge in [0.05, 0.1) is 0 Å². The summed E-state index contributed by atoms with van der Waals surface area (Å²) in [6.07, 6.45) is 8.19. The summed E-state index contributed by atoms with van der Waals surface area (Å²) < 4.78 is 0. The van der Waals surface area contributed by atoms with Crippen LogP contribution in [0.5, 0.6) is 0 Å². The molecular weight excluding hydrogens is 350 g/mol.